The first kappa shape index (κ1) is 9.97. The van der Waals surface area contributed by atoms with Gasteiger partial charge in [-0.3, -0.25) is 4.79 Å². The monoisotopic (exact) mass is 255 g/mol. The topological polar surface area (TPSA) is 22.0 Å². The van der Waals surface area contributed by atoms with Crippen LogP contribution in [0.2, 0.25) is 0 Å². The molecular weight excluding hydrogens is 242 g/mol. The zero-order chi connectivity index (χ0) is 10.1. The fraction of sp³-hybridized carbons (Fsp3) is 0.545. The fourth-order valence-corrected chi connectivity index (χ4v) is 2.79. The first-order valence-electron chi connectivity index (χ1n) is 5.04. The van der Waals surface area contributed by atoms with Crippen LogP contribution < -0.4 is 5.56 Å². The number of hydrogen-bond acceptors (Lipinski definition) is 1. The third-order valence-corrected chi connectivity index (χ3v) is 3.69. The van der Waals surface area contributed by atoms with Crippen molar-refractivity contribution in [3.05, 3.63) is 32.7 Å². The molecule has 2 rings (SSSR count). The van der Waals surface area contributed by atoms with Gasteiger partial charge in [-0.15, -0.1) is 0 Å². The summed E-state index contributed by atoms with van der Waals surface area (Å²) >= 11 is 3.48. The maximum Gasteiger partial charge on any atom is 0.251 e. The summed E-state index contributed by atoms with van der Waals surface area (Å²) in [5.74, 6) is 0.649. The van der Waals surface area contributed by atoms with E-state index in [-0.39, 0.29) is 5.56 Å². The van der Waals surface area contributed by atoms with Gasteiger partial charge in [0.2, 0.25) is 0 Å². The number of hydrogen-bond donors (Lipinski definition) is 0. The minimum Gasteiger partial charge on any atom is -0.318 e. The average molecular weight is 256 g/mol. The van der Waals surface area contributed by atoms with E-state index >= 15 is 0 Å². The van der Waals surface area contributed by atoms with E-state index in [9.17, 15) is 4.79 Å². The van der Waals surface area contributed by atoms with Gasteiger partial charge in [-0.25, -0.2) is 0 Å². The summed E-state index contributed by atoms with van der Waals surface area (Å²) in [5.41, 5.74) is 1.35. The van der Waals surface area contributed by atoms with Crippen molar-refractivity contribution in [2.24, 2.45) is 7.05 Å². The Hall–Kier alpha value is -0.570. The molecule has 1 saturated carbocycles. The Kier molecular flexibility index (Phi) is 2.77. The number of nitrogens with zero attached hydrogens (tertiary/aromatic N) is 1. The number of aromatic nitrogens is 1. The maximum absolute atomic E-state index is 11.3. The maximum atomic E-state index is 11.3. The molecule has 0 aliphatic heterocycles. The van der Waals surface area contributed by atoms with Crippen LogP contribution in [0.25, 0.3) is 0 Å². The molecule has 1 aliphatic carbocycles. The molecule has 0 spiro atoms. The Labute approximate surface area is 92.1 Å². The average Bonchev–Trinajstić information content (AvgIpc) is 2.64. The molecule has 0 N–H and O–H groups in total. The third kappa shape index (κ3) is 1.78. The highest BCUT2D eigenvalue weighted by Crippen LogP contribution is 2.36. The summed E-state index contributed by atoms with van der Waals surface area (Å²) in [6.07, 6.45) is 7.13. The molecule has 1 aromatic heterocycles. The van der Waals surface area contributed by atoms with Gasteiger partial charge in [-0.2, -0.15) is 0 Å². The summed E-state index contributed by atoms with van der Waals surface area (Å²) in [4.78, 5) is 11.3. The second-order valence-electron chi connectivity index (χ2n) is 4.01. The molecule has 0 aromatic carbocycles. The van der Waals surface area contributed by atoms with Crippen LogP contribution in [0.3, 0.4) is 0 Å². The van der Waals surface area contributed by atoms with Gasteiger partial charge in [0.25, 0.3) is 5.56 Å². The summed E-state index contributed by atoms with van der Waals surface area (Å²) in [6, 6.07) is 1.67. The zero-order valence-corrected chi connectivity index (χ0v) is 9.88. The molecule has 0 unspecified atom stereocenters. The van der Waals surface area contributed by atoms with Crippen molar-refractivity contribution in [1.29, 1.82) is 0 Å². The van der Waals surface area contributed by atoms with Gasteiger partial charge in [-0.1, -0.05) is 28.8 Å². The minimum atomic E-state index is 0.0543. The lowest BCUT2D eigenvalue weighted by Crippen LogP contribution is -2.16. The van der Waals surface area contributed by atoms with Gasteiger partial charge in [0, 0.05) is 23.8 Å². The van der Waals surface area contributed by atoms with E-state index in [1.807, 2.05) is 13.2 Å². The predicted octanol–water partition coefficient (Wildman–Crippen LogP) is 2.81. The first-order chi connectivity index (χ1) is 6.68. The van der Waals surface area contributed by atoms with Crippen LogP contribution in [0.15, 0.2) is 21.5 Å². The Morgan fingerprint density at radius 1 is 1.43 bits per heavy atom. The molecule has 76 valence electrons. The van der Waals surface area contributed by atoms with Crippen LogP contribution in [0.4, 0.5) is 0 Å². The lowest BCUT2D eigenvalue weighted by Gasteiger charge is -2.12. The number of aryl methyl sites for hydroxylation is 1. The van der Waals surface area contributed by atoms with Gasteiger partial charge in [-0.05, 0) is 24.3 Å². The smallest absolute Gasteiger partial charge is 0.251 e. The summed E-state index contributed by atoms with van der Waals surface area (Å²) in [7, 11) is 1.81. The number of pyridine rings is 1. The number of halogens is 1. The highest BCUT2D eigenvalue weighted by atomic mass is 79.9. The lowest BCUT2D eigenvalue weighted by molar-refractivity contribution is 0.698. The van der Waals surface area contributed by atoms with E-state index < -0.39 is 0 Å². The molecule has 1 aromatic rings. The quantitative estimate of drug-likeness (QED) is 0.757. The van der Waals surface area contributed by atoms with Gasteiger partial charge in [0.1, 0.15) is 0 Å². The number of rotatable bonds is 1. The fourth-order valence-electron chi connectivity index (χ4n) is 2.16. The molecule has 14 heavy (non-hydrogen) atoms. The minimum absolute atomic E-state index is 0.0543. The Morgan fingerprint density at radius 2 is 2.07 bits per heavy atom. The van der Waals surface area contributed by atoms with Crippen molar-refractivity contribution < 1.29 is 0 Å². The molecule has 0 amide bonds. The van der Waals surface area contributed by atoms with Crippen molar-refractivity contribution in [1.82, 2.24) is 4.57 Å². The second-order valence-corrected chi connectivity index (χ2v) is 4.86. The first-order valence-corrected chi connectivity index (χ1v) is 5.84. The Morgan fingerprint density at radius 3 is 2.71 bits per heavy atom. The van der Waals surface area contributed by atoms with Crippen LogP contribution in [0, 0.1) is 0 Å². The Bertz CT molecular complexity index is 391. The second kappa shape index (κ2) is 3.89. The molecule has 0 radical (unpaired) electrons. The SMILES string of the molecule is Cn1cc(C2CCCC2)c(Br)cc1=O. The van der Waals surface area contributed by atoms with Crippen molar-refractivity contribution in [2.75, 3.05) is 0 Å². The molecule has 1 heterocycles. The molecular formula is C11H14BrNO. The van der Waals surface area contributed by atoms with Crippen LogP contribution in [-0.4, -0.2) is 4.57 Å². The molecule has 0 saturated heterocycles. The van der Waals surface area contributed by atoms with Crippen LogP contribution in [0.5, 0.6) is 0 Å². The lowest BCUT2D eigenvalue weighted by atomic mass is 10.00. The summed E-state index contributed by atoms with van der Waals surface area (Å²) in [6.45, 7) is 0. The van der Waals surface area contributed by atoms with Crippen molar-refractivity contribution in [3.8, 4) is 0 Å². The van der Waals surface area contributed by atoms with Crippen LogP contribution >= 0.6 is 15.9 Å². The van der Waals surface area contributed by atoms with E-state index in [4.69, 9.17) is 0 Å². The molecule has 0 bridgehead atoms. The van der Waals surface area contributed by atoms with Gasteiger partial charge >= 0.3 is 0 Å². The predicted molar refractivity (Wildman–Crippen MR) is 60.6 cm³/mol. The molecule has 1 fully saturated rings. The molecule has 0 atom stereocenters. The standard InChI is InChI=1S/C11H14BrNO/c1-13-7-9(8-4-2-3-5-8)10(12)6-11(13)14/h6-8H,2-5H2,1H3. The van der Waals surface area contributed by atoms with Crippen LogP contribution in [-0.2, 0) is 7.05 Å². The van der Waals surface area contributed by atoms with Crippen molar-refractivity contribution in [3.63, 3.8) is 0 Å². The van der Waals surface area contributed by atoms with E-state index in [2.05, 4.69) is 15.9 Å². The summed E-state index contributed by atoms with van der Waals surface area (Å²) < 4.78 is 2.64. The Balaban J connectivity index is 2.42. The normalized spacial score (nSPS) is 17.6. The molecule has 3 heteroatoms. The van der Waals surface area contributed by atoms with E-state index in [0.29, 0.717) is 5.92 Å². The third-order valence-electron chi connectivity index (χ3n) is 3.00. The highest BCUT2D eigenvalue weighted by Gasteiger charge is 2.19. The van der Waals surface area contributed by atoms with Crippen molar-refractivity contribution >= 4 is 15.9 Å². The molecule has 2 nitrogen and oxygen atoms in total. The van der Waals surface area contributed by atoms with Gasteiger partial charge in [0.15, 0.2) is 0 Å². The summed E-state index contributed by atoms with van der Waals surface area (Å²) in [5, 5.41) is 0. The van der Waals surface area contributed by atoms with Gasteiger partial charge in [0.05, 0.1) is 0 Å². The highest BCUT2D eigenvalue weighted by molar-refractivity contribution is 9.10. The molecule has 1 aliphatic rings. The van der Waals surface area contributed by atoms with Crippen LogP contribution in [0.1, 0.15) is 37.2 Å². The largest absolute Gasteiger partial charge is 0.318 e. The van der Waals surface area contributed by atoms with E-state index in [1.165, 1.54) is 31.2 Å². The van der Waals surface area contributed by atoms with E-state index in [1.54, 1.807) is 10.6 Å². The van der Waals surface area contributed by atoms with E-state index in [0.717, 1.165) is 4.47 Å². The van der Waals surface area contributed by atoms with Crippen molar-refractivity contribution in [2.45, 2.75) is 31.6 Å². The van der Waals surface area contributed by atoms with Gasteiger partial charge < -0.3 is 4.57 Å². The zero-order valence-electron chi connectivity index (χ0n) is 8.29.